The summed E-state index contributed by atoms with van der Waals surface area (Å²) in [6, 6.07) is 3.22. The van der Waals surface area contributed by atoms with Crippen LogP contribution in [0.25, 0.3) is 0 Å². The Kier molecular flexibility index (Phi) is 5.03. The van der Waals surface area contributed by atoms with E-state index in [1.807, 2.05) is 4.90 Å². The Bertz CT molecular complexity index is 1130. The molecule has 2 amide bonds. The van der Waals surface area contributed by atoms with Gasteiger partial charge in [0.1, 0.15) is 5.82 Å². The minimum absolute atomic E-state index is 0.0827. The Morgan fingerprint density at radius 1 is 1.00 bits per heavy atom. The molecule has 172 valence electrons. The molecule has 2 aromatic rings. The van der Waals surface area contributed by atoms with Crippen LogP contribution in [0.5, 0.6) is 0 Å². The predicted molar refractivity (Wildman–Crippen MR) is 120 cm³/mol. The Hall–Kier alpha value is -3.03. The molecule has 1 N–H and O–H groups in total. The highest BCUT2D eigenvalue weighted by Gasteiger charge is 2.56. The number of amides is 2. The molecule has 3 atom stereocenters. The molecule has 8 heteroatoms. The SMILES string of the molecule is O=C(c1ccncc1)N1CCc2c(nc([C@@H]3CCCN3C(=O)C3[C@@H]4CCCC[C@@H]34)[nH]c2=O)C1. The first-order valence-electron chi connectivity index (χ1n) is 12.2. The number of hydrogen-bond acceptors (Lipinski definition) is 5. The molecule has 4 aliphatic rings. The number of pyridine rings is 1. The fourth-order valence-electron chi connectivity index (χ4n) is 6.33. The quantitative estimate of drug-likeness (QED) is 0.779. The lowest BCUT2D eigenvalue weighted by molar-refractivity contribution is -0.134. The van der Waals surface area contributed by atoms with E-state index in [0.29, 0.717) is 54.0 Å². The minimum atomic E-state index is -0.176. The number of aromatic nitrogens is 3. The standard InChI is InChI=1S/C25H29N5O3/c31-23-18-9-13-29(24(32)15-7-10-26-11-8-15)14-19(18)27-22(28-23)20-6-3-12-30(20)25(33)21-16-4-1-2-5-17(16)21/h7-8,10-11,16-17,20-21H,1-6,9,12-14H2,(H,27,28,31)/t16-,17-,20+/m1/s1. The van der Waals surface area contributed by atoms with E-state index in [9.17, 15) is 14.4 Å². The van der Waals surface area contributed by atoms with Gasteiger partial charge in [0.25, 0.3) is 11.5 Å². The number of aromatic amines is 1. The van der Waals surface area contributed by atoms with Gasteiger partial charge < -0.3 is 14.8 Å². The van der Waals surface area contributed by atoms with Crippen molar-refractivity contribution in [3.8, 4) is 0 Å². The molecule has 1 saturated heterocycles. The molecule has 2 aromatic heterocycles. The summed E-state index contributed by atoms with van der Waals surface area (Å²) in [5.74, 6) is 2.05. The van der Waals surface area contributed by atoms with Gasteiger partial charge in [0, 0.05) is 42.5 Å². The van der Waals surface area contributed by atoms with Crippen LogP contribution in [0.1, 0.15) is 72.0 Å². The van der Waals surface area contributed by atoms with E-state index in [4.69, 9.17) is 4.98 Å². The van der Waals surface area contributed by atoms with Crippen molar-refractivity contribution in [3.63, 3.8) is 0 Å². The third kappa shape index (κ3) is 3.56. The normalized spacial score (nSPS) is 28.2. The summed E-state index contributed by atoms with van der Waals surface area (Å²) in [5.41, 5.74) is 1.76. The highest BCUT2D eigenvalue weighted by molar-refractivity contribution is 5.94. The number of hydrogen-bond donors (Lipinski definition) is 1. The lowest BCUT2D eigenvalue weighted by atomic mass is 10.0. The van der Waals surface area contributed by atoms with Gasteiger partial charge in [0.15, 0.2) is 0 Å². The largest absolute Gasteiger partial charge is 0.332 e. The molecule has 0 unspecified atom stereocenters. The van der Waals surface area contributed by atoms with Crippen LogP contribution in [0, 0.1) is 17.8 Å². The van der Waals surface area contributed by atoms with Gasteiger partial charge in [-0.3, -0.25) is 19.4 Å². The molecule has 6 rings (SSSR count). The minimum Gasteiger partial charge on any atom is -0.332 e. The second-order valence-electron chi connectivity index (χ2n) is 9.92. The summed E-state index contributed by atoms with van der Waals surface area (Å²) in [6.45, 7) is 1.52. The zero-order valence-corrected chi connectivity index (χ0v) is 18.7. The van der Waals surface area contributed by atoms with Crippen molar-refractivity contribution >= 4 is 11.8 Å². The number of fused-ring (bicyclic) bond motifs is 2. The van der Waals surface area contributed by atoms with Gasteiger partial charge in [0.2, 0.25) is 5.91 Å². The van der Waals surface area contributed by atoms with Crippen LogP contribution in [-0.4, -0.2) is 49.7 Å². The second-order valence-corrected chi connectivity index (χ2v) is 9.92. The number of nitrogens with zero attached hydrogens (tertiary/aromatic N) is 4. The van der Waals surface area contributed by atoms with Crippen molar-refractivity contribution in [2.75, 3.05) is 13.1 Å². The third-order valence-corrected chi connectivity index (χ3v) is 8.10. The summed E-state index contributed by atoms with van der Waals surface area (Å²) in [5, 5.41) is 0. The van der Waals surface area contributed by atoms with Gasteiger partial charge in [0.05, 0.1) is 18.3 Å². The lowest BCUT2D eigenvalue weighted by Crippen LogP contribution is -2.40. The van der Waals surface area contributed by atoms with Crippen molar-refractivity contribution < 1.29 is 9.59 Å². The monoisotopic (exact) mass is 447 g/mol. The van der Waals surface area contributed by atoms with E-state index >= 15 is 0 Å². The van der Waals surface area contributed by atoms with E-state index in [1.54, 1.807) is 29.4 Å². The molecule has 4 heterocycles. The molecule has 33 heavy (non-hydrogen) atoms. The van der Waals surface area contributed by atoms with Crippen LogP contribution in [0.4, 0.5) is 0 Å². The van der Waals surface area contributed by atoms with Crippen LogP contribution >= 0.6 is 0 Å². The Labute approximate surface area is 192 Å². The first-order valence-corrected chi connectivity index (χ1v) is 12.2. The molecule has 2 aliphatic heterocycles. The number of carbonyl (C=O) groups is 2. The summed E-state index contributed by atoms with van der Waals surface area (Å²) < 4.78 is 0. The Morgan fingerprint density at radius 3 is 2.52 bits per heavy atom. The second kappa shape index (κ2) is 8.08. The van der Waals surface area contributed by atoms with Crippen molar-refractivity contribution in [1.82, 2.24) is 24.8 Å². The molecule has 2 aliphatic carbocycles. The predicted octanol–water partition coefficient (Wildman–Crippen LogP) is 2.46. The summed E-state index contributed by atoms with van der Waals surface area (Å²) in [6.07, 6.45) is 10.3. The molecule has 3 fully saturated rings. The van der Waals surface area contributed by atoms with Crippen molar-refractivity contribution in [1.29, 1.82) is 0 Å². The molecular formula is C25H29N5O3. The molecule has 0 bridgehead atoms. The maximum atomic E-state index is 13.4. The van der Waals surface area contributed by atoms with E-state index in [2.05, 4.69) is 9.97 Å². The van der Waals surface area contributed by atoms with E-state index in [0.717, 1.165) is 19.4 Å². The van der Waals surface area contributed by atoms with Gasteiger partial charge in [-0.2, -0.15) is 0 Å². The maximum absolute atomic E-state index is 13.4. The highest BCUT2D eigenvalue weighted by atomic mass is 16.2. The smallest absolute Gasteiger partial charge is 0.254 e. The van der Waals surface area contributed by atoms with Crippen molar-refractivity contribution in [2.24, 2.45) is 17.8 Å². The molecule has 2 saturated carbocycles. The highest BCUT2D eigenvalue weighted by Crippen LogP contribution is 2.56. The average Bonchev–Trinajstić information content (AvgIpc) is 3.37. The molecule has 8 nitrogen and oxygen atoms in total. The number of carbonyl (C=O) groups excluding carboxylic acids is 2. The van der Waals surface area contributed by atoms with Gasteiger partial charge in [-0.15, -0.1) is 0 Å². The van der Waals surface area contributed by atoms with Gasteiger partial charge >= 0.3 is 0 Å². The lowest BCUT2D eigenvalue weighted by Gasteiger charge is -2.29. The Balaban J connectivity index is 1.24. The van der Waals surface area contributed by atoms with E-state index in [-0.39, 0.29) is 29.3 Å². The summed E-state index contributed by atoms with van der Waals surface area (Å²) in [7, 11) is 0. The fourth-order valence-corrected chi connectivity index (χ4v) is 6.33. The number of likely N-dealkylation sites (tertiary alicyclic amines) is 1. The average molecular weight is 448 g/mol. The Morgan fingerprint density at radius 2 is 1.76 bits per heavy atom. The van der Waals surface area contributed by atoms with Gasteiger partial charge in [-0.05, 0) is 56.1 Å². The van der Waals surface area contributed by atoms with Crippen LogP contribution in [0.15, 0.2) is 29.3 Å². The fraction of sp³-hybridized carbons (Fsp3) is 0.560. The first-order chi connectivity index (χ1) is 16.1. The van der Waals surface area contributed by atoms with Crippen LogP contribution in [-0.2, 0) is 17.8 Å². The molecule has 0 aromatic carbocycles. The van der Waals surface area contributed by atoms with Crippen LogP contribution < -0.4 is 5.56 Å². The van der Waals surface area contributed by atoms with Crippen molar-refractivity contribution in [3.05, 3.63) is 57.5 Å². The number of H-pyrrole nitrogens is 1. The van der Waals surface area contributed by atoms with Crippen LogP contribution in [0.2, 0.25) is 0 Å². The number of rotatable bonds is 3. The van der Waals surface area contributed by atoms with Crippen molar-refractivity contribution in [2.45, 2.75) is 57.5 Å². The maximum Gasteiger partial charge on any atom is 0.254 e. The summed E-state index contributed by atoms with van der Waals surface area (Å²) in [4.78, 5) is 54.7. The first kappa shape index (κ1) is 20.6. The van der Waals surface area contributed by atoms with Crippen LogP contribution in [0.3, 0.4) is 0 Å². The summed E-state index contributed by atoms with van der Waals surface area (Å²) >= 11 is 0. The van der Waals surface area contributed by atoms with Gasteiger partial charge in [-0.1, -0.05) is 12.8 Å². The number of nitrogens with one attached hydrogen (secondary N) is 1. The van der Waals surface area contributed by atoms with Gasteiger partial charge in [-0.25, -0.2) is 4.98 Å². The molecule has 0 radical (unpaired) electrons. The third-order valence-electron chi connectivity index (χ3n) is 8.10. The zero-order valence-electron chi connectivity index (χ0n) is 18.7. The topological polar surface area (TPSA) is 99.3 Å². The molecular weight excluding hydrogens is 418 g/mol. The van der Waals surface area contributed by atoms with E-state index < -0.39 is 0 Å². The van der Waals surface area contributed by atoms with E-state index in [1.165, 1.54) is 25.7 Å². The zero-order chi connectivity index (χ0) is 22.5. The molecule has 0 spiro atoms.